The van der Waals surface area contributed by atoms with Crippen molar-refractivity contribution >= 4 is 49.5 Å². The van der Waals surface area contributed by atoms with E-state index >= 15 is 0 Å². The van der Waals surface area contributed by atoms with Gasteiger partial charge >= 0.3 is 12.0 Å². The molecule has 2 unspecified atom stereocenters. The maximum Gasteiger partial charge on any atom is 0.337 e. The Morgan fingerprint density at radius 3 is 2.53 bits per heavy atom. The molecule has 0 saturated heterocycles. The number of carboxylic acid groups (broad SMARTS) is 1. The van der Waals surface area contributed by atoms with Gasteiger partial charge in [0.2, 0.25) is 0 Å². The fourth-order valence-electron chi connectivity index (χ4n) is 1.71. The van der Waals surface area contributed by atoms with Crippen molar-refractivity contribution < 1.29 is 14.7 Å². The Hall–Kier alpha value is -1.08. The van der Waals surface area contributed by atoms with Crippen LogP contribution >= 0.6 is 31.9 Å². The Balaban J connectivity index is 2.18. The van der Waals surface area contributed by atoms with Crippen molar-refractivity contribution in [3.05, 3.63) is 26.6 Å². The van der Waals surface area contributed by atoms with E-state index in [2.05, 4.69) is 42.5 Å². The third-order valence-corrected chi connectivity index (χ3v) is 4.03. The van der Waals surface area contributed by atoms with Gasteiger partial charge in [-0.25, -0.2) is 9.59 Å². The van der Waals surface area contributed by atoms with Crippen molar-refractivity contribution in [2.45, 2.75) is 19.4 Å². The fourth-order valence-corrected chi connectivity index (χ4v) is 3.03. The van der Waals surface area contributed by atoms with Gasteiger partial charge in [0, 0.05) is 15.0 Å². The summed E-state index contributed by atoms with van der Waals surface area (Å²) in [5.41, 5.74) is 0.279. The second-order valence-electron chi connectivity index (χ2n) is 4.53. The highest BCUT2D eigenvalue weighted by atomic mass is 79.9. The third kappa shape index (κ3) is 3.48. The molecular formula is C12H12Br2N2O3. The van der Waals surface area contributed by atoms with Crippen LogP contribution in [-0.4, -0.2) is 23.1 Å². The summed E-state index contributed by atoms with van der Waals surface area (Å²) in [4.78, 5) is 23.0. The molecule has 19 heavy (non-hydrogen) atoms. The second kappa shape index (κ2) is 5.50. The van der Waals surface area contributed by atoms with Crippen LogP contribution in [0.5, 0.6) is 0 Å². The van der Waals surface area contributed by atoms with Gasteiger partial charge < -0.3 is 15.7 Å². The molecule has 7 heteroatoms. The Kier molecular flexibility index (Phi) is 4.15. The smallest absolute Gasteiger partial charge is 0.337 e. The highest BCUT2D eigenvalue weighted by Gasteiger charge is 2.34. The molecule has 1 saturated carbocycles. The van der Waals surface area contributed by atoms with E-state index in [1.807, 2.05) is 6.92 Å². The van der Waals surface area contributed by atoms with E-state index in [-0.39, 0.29) is 23.3 Å². The van der Waals surface area contributed by atoms with Crippen molar-refractivity contribution in [1.82, 2.24) is 5.32 Å². The van der Waals surface area contributed by atoms with Crippen LogP contribution in [0.25, 0.3) is 0 Å². The lowest BCUT2D eigenvalue weighted by Crippen LogP contribution is -2.32. The zero-order valence-electron chi connectivity index (χ0n) is 10.0. The monoisotopic (exact) mass is 390 g/mol. The Bertz CT molecular complexity index is 548. The first-order valence-corrected chi connectivity index (χ1v) is 7.27. The van der Waals surface area contributed by atoms with Crippen molar-refractivity contribution in [1.29, 1.82) is 0 Å². The highest BCUT2D eigenvalue weighted by molar-refractivity contribution is 9.11. The largest absolute Gasteiger partial charge is 0.478 e. The molecule has 5 nitrogen and oxygen atoms in total. The van der Waals surface area contributed by atoms with Crippen LogP contribution in [0.3, 0.4) is 0 Å². The van der Waals surface area contributed by atoms with Crippen molar-refractivity contribution in [3.8, 4) is 0 Å². The number of carbonyl (C=O) groups is 2. The quantitative estimate of drug-likeness (QED) is 0.738. The van der Waals surface area contributed by atoms with Gasteiger partial charge in [0.05, 0.1) is 11.3 Å². The van der Waals surface area contributed by atoms with Gasteiger partial charge in [0.15, 0.2) is 0 Å². The number of urea groups is 1. The summed E-state index contributed by atoms with van der Waals surface area (Å²) in [6, 6.07) is 2.92. The molecule has 2 atom stereocenters. The summed E-state index contributed by atoms with van der Waals surface area (Å²) >= 11 is 6.47. The van der Waals surface area contributed by atoms with Gasteiger partial charge in [-0.15, -0.1) is 0 Å². The molecule has 2 amide bonds. The molecule has 1 fully saturated rings. The fraction of sp³-hybridized carbons (Fsp3) is 0.333. The van der Waals surface area contributed by atoms with Gasteiger partial charge in [-0.2, -0.15) is 0 Å². The minimum atomic E-state index is -1.10. The van der Waals surface area contributed by atoms with E-state index in [0.717, 1.165) is 6.42 Å². The van der Waals surface area contributed by atoms with Crippen LogP contribution in [0, 0.1) is 5.92 Å². The number of rotatable bonds is 3. The number of carbonyl (C=O) groups excluding carboxylic acids is 1. The molecule has 0 bridgehead atoms. The maximum atomic E-state index is 11.8. The van der Waals surface area contributed by atoms with E-state index in [4.69, 9.17) is 5.11 Å². The minimum Gasteiger partial charge on any atom is -0.478 e. The molecule has 1 aliphatic rings. The van der Waals surface area contributed by atoms with E-state index < -0.39 is 5.97 Å². The zero-order chi connectivity index (χ0) is 14.2. The average molecular weight is 392 g/mol. The number of benzene rings is 1. The van der Waals surface area contributed by atoms with Crippen LogP contribution in [0.15, 0.2) is 21.1 Å². The van der Waals surface area contributed by atoms with E-state index in [9.17, 15) is 9.59 Å². The minimum absolute atomic E-state index is 0.0280. The number of halogens is 2. The number of anilines is 1. The second-order valence-corrected chi connectivity index (χ2v) is 6.30. The van der Waals surface area contributed by atoms with Gasteiger partial charge in [0.1, 0.15) is 0 Å². The molecule has 2 rings (SSSR count). The molecule has 0 spiro atoms. The lowest BCUT2D eigenvalue weighted by atomic mass is 10.2. The van der Waals surface area contributed by atoms with Crippen molar-refractivity contribution in [2.24, 2.45) is 5.92 Å². The molecule has 3 N–H and O–H groups in total. The Labute approximate surface area is 127 Å². The number of aromatic carboxylic acids is 1. The average Bonchev–Trinajstić information content (AvgIpc) is 2.97. The summed E-state index contributed by atoms with van der Waals surface area (Å²) in [5, 5.41) is 14.5. The number of hydrogen-bond acceptors (Lipinski definition) is 2. The molecule has 0 aromatic heterocycles. The topological polar surface area (TPSA) is 78.4 Å². The first-order chi connectivity index (χ1) is 8.88. The van der Waals surface area contributed by atoms with Crippen LogP contribution < -0.4 is 10.6 Å². The van der Waals surface area contributed by atoms with Crippen LogP contribution in [-0.2, 0) is 0 Å². The highest BCUT2D eigenvalue weighted by Crippen LogP contribution is 2.32. The predicted octanol–water partition coefficient (Wildman–Crippen LogP) is 3.44. The van der Waals surface area contributed by atoms with Gasteiger partial charge in [0.25, 0.3) is 0 Å². The van der Waals surface area contributed by atoms with Gasteiger partial charge in [-0.05, 0) is 40.4 Å². The molecule has 0 heterocycles. The summed E-state index contributed by atoms with van der Waals surface area (Å²) < 4.78 is 1.14. The van der Waals surface area contributed by atoms with Gasteiger partial charge in [-0.1, -0.05) is 22.9 Å². The van der Waals surface area contributed by atoms with E-state index in [0.29, 0.717) is 14.9 Å². The number of carboxylic acids is 1. The number of amides is 2. The number of hydrogen-bond donors (Lipinski definition) is 3. The van der Waals surface area contributed by atoms with Gasteiger partial charge in [-0.3, -0.25) is 0 Å². The molecule has 102 valence electrons. The first kappa shape index (κ1) is 14.3. The summed E-state index contributed by atoms with van der Waals surface area (Å²) in [7, 11) is 0. The van der Waals surface area contributed by atoms with Crippen LogP contribution in [0.4, 0.5) is 10.5 Å². The SMILES string of the molecule is CC1CC1NC(=O)Nc1c(Br)cc(Br)cc1C(=O)O. The first-order valence-electron chi connectivity index (χ1n) is 5.68. The Morgan fingerprint density at radius 1 is 1.37 bits per heavy atom. The lowest BCUT2D eigenvalue weighted by Gasteiger charge is -2.12. The molecule has 0 radical (unpaired) electrons. The van der Waals surface area contributed by atoms with Crippen molar-refractivity contribution in [2.75, 3.05) is 5.32 Å². The normalized spacial score (nSPS) is 20.8. The number of nitrogens with one attached hydrogen (secondary N) is 2. The molecule has 1 aliphatic carbocycles. The molecule has 1 aromatic carbocycles. The van der Waals surface area contributed by atoms with Crippen molar-refractivity contribution in [3.63, 3.8) is 0 Å². The summed E-state index contributed by atoms with van der Waals surface area (Å²) in [5.74, 6) is -0.616. The predicted molar refractivity (Wildman–Crippen MR) is 78.5 cm³/mol. The van der Waals surface area contributed by atoms with Crippen LogP contribution in [0.1, 0.15) is 23.7 Å². The lowest BCUT2D eigenvalue weighted by molar-refractivity contribution is 0.0698. The summed E-state index contributed by atoms with van der Waals surface area (Å²) in [6.07, 6.45) is 0.959. The Morgan fingerprint density at radius 2 is 2.00 bits per heavy atom. The van der Waals surface area contributed by atoms with E-state index in [1.165, 1.54) is 6.07 Å². The molecular weight excluding hydrogens is 380 g/mol. The standard InChI is InChI=1S/C12H12Br2N2O3/c1-5-2-9(5)15-12(19)16-10-7(11(17)18)3-6(13)4-8(10)14/h3-5,9H,2H2,1H3,(H,17,18)(H2,15,16,19). The third-order valence-electron chi connectivity index (χ3n) is 2.95. The molecule has 0 aliphatic heterocycles. The van der Waals surface area contributed by atoms with E-state index in [1.54, 1.807) is 6.07 Å². The molecule has 1 aromatic rings. The van der Waals surface area contributed by atoms with Crippen LogP contribution in [0.2, 0.25) is 0 Å². The summed E-state index contributed by atoms with van der Waals surface area (Å²) in [6.45, 7) is 2.04. The maximum absolute atomic E-state index is 11.8. The zero-order valence-corrected chi connectivity index (χ0v) is 13.2.